The number of carbonyl (C=O) groups excluding carboxylic acids is 5. The minimum absolute atomic E-state index is 0.0145. The Balaban J connectivity index is 1.33. The number of β-lactam (4-membered cyclic amide) rings is 1. The quantitative estimate of drug-likeness (QED) is 0.0415. The zero-order chi connectivity index (χ0) is 37.5. The van der Waals surface area contributed by atoms with Crippen molar-refractivity contribution in [2.75, 3.05) is 30.5 Å². The van der Waals surface area contributed by atoms with Crippen LogP contribution in [0.4, 0.5) is 15.6 Å². The second-order valence-electron chi connectivity index (χ2n) is 10.1. The van der Waals surface area contributed by atoms with Crippen molar-refractivity contribution >= 4 is 71.3 Å². The maximum absolute atomic E-state index is 13.5. The number of aryl methyl sites for hydroxylation is 1. The van der Waals surface area contributed by atoms with Gasteiger partial charge >= 0.3 is 24.2 Å². The fourth-order valence-corrected chi connectivity index (χ4v) is 6.85. The van der Waals surface area contributed by atoms with Crippen molar-refractivity contribution in [3.63, 3.8) is 0 Å². The molecule has 1 unspecified atom stereocenters. The lowest BCUT2D eigenvalue weighted by molar-refractivity contribution is -0.150. The zero-order valence-corrected chi connectivity index (χ0v) is 28.8. The van der Waals surface area contributed by atoms with Gasteiger partial charge < -0.3 is 44.4 Å². The Morgan fingerprint density at radius 3 is 2.46 bits per heavy atom. The molecule has 52 heavy (non-hydrogen) atoms. The molecule has 2 aliphatic rings. The van der Waals surface area contributed by atoms with Gasteiger partial charge in [0.1, 0.15) is 29.1 Å². The number of ether oxygens (including phenoxy) is 4. The summed E-state index contributed by atoms with van der Waals surface area (Å²) in [5.41, 5.74) is 4.58. The highest BCUT2D eigenvalue weighted by Crippen LogP contribution is 2.41. The molecule has 1 aromatic carbocycles. The van der Waals surface area contributed by atoms with Crippen molar-refractivity contribution < 1.29 is 62.1 Å². The maximum atomic E-state index is 13.5. The molecule has 24 heteroatoms. The van der Waals surface area contributed by atoms with Gasteiger partial charge in [0.15, 0.2) is 17.2 Å². The Bertz CT molecular complexity index is 1980. The van der Waals surface area contributed by atoms with E-state index in [9.17, 15) is 33.9 Å². The Morgan fingerprint density at radius 2 is 1.85 bits per heavy atom. The van der Waals surface area contributed by atoms with Crippen LogP contribution < -0.4 is 20.5 Å². The second-order valence-corrected chi connectivity index (χ2v) is 12.2. The van der Waals surface area contributed by atoms with Crippen LogP contribution in [-0.2, 0) is 35.7 Å². The third kappa shape index (κ3) is 8.23. The van der Waals surface area contributed by atoms with Crippen LogP contribution in [0.5, 0.6) is 11.5 Å². The van der Waals surface area contributed by atoms with Crippen molar-refractivity contribution in [3.05, 3.63) is 47.0 Å². The molecule has 3 aromatic rings. The number of carboxylic acid groups (broad SMARTS) is 1. The molecule has 2 aliphatic heterocycles. The third-order valence-electron chi connectivity index (χ3n) is 6.78. The fraction of sp³-hybridized carbons (Fsp3) is 0.321. The Morgan fingerprint density at radius 1 is 1.13 bits per heavy atom. The largest absolute Gasteiger partial charge is 0.513 e. The number of fused-ring (bicyclic) bond motifs is 1. The number of oxime groups is 1. The number of nitrogens with zero attached hydrogens (tertiary/aromatic N) is 7. The zero-order valence-electron chi connectivity index (χ0n) is 27.2. The lowest BCUT2D eigenvalue weighted by atomic mass is 10.0. The molecule has 2 amide bonds. The van der Waals surface area contributed by atoms with Gasteiger partial charge in [-0.25, -0.2) is 23.9 Å². The number of carboxylic acids is 1. The number of nitrogens with one attached hydrogen (secondary N) is 1. The maximum Gasteiger partial charge on any atom is 0.513 e. The standard InChI is InChI=1S/C28H27N9O13S2/c1-4-45-27(43)48-15-7-6-12(8-16(15)49-28(44)46-5-2)24(42)50-33-17(14-9-47-25(29)30-14)20(38)31-18-21(39)37-19(23(40)41)13(10-51-22(18)37)11-52-26-32-34-35-36(26)3/h6-9,18,22H,4-5,10-11H2,1-3H3,(H2,29,30)(H,31,38)(H,40,41)/t18?,22-/m0/s1. The van der Waals surface area contributed by atoms with Crippen LogP contribution in [0, 0.1) is 0 Å². The van der Waals surface area contributed by atoms with Gasteiger partial charge in [-0.2, -0.15) is 4.98 Å². The van der Waals surface area contributed by atoms with Gasteiger partial charge in [-0.15, -0.1) is 16.9 Å². The lowest BCUT2D eigenvalue weighted by Gasteiger charge is -2.49. The number of oxazole rings is 1. The summed E-state index contributed by atoms with van der Waals surface area (Å²) in [6.45, 7) is 2.99. The van der Waals surface area contributed by atoms with Gasteiger partial charge in [0.2, 0.25) is 5.16 Å². The van der Waals surface area contributed by atoms with E-state index in [1.165, 1.54) is 42.1 Å². The van der Waals surface area contributed by atoms with E-state index >= 15 is 0 Å². The molecule has 22 nitrogen and oxygen atoms in total. The summed E-state index contributed by atoms with van der Waals surface area (Å²) in [5, 5.41) is 26.9. The molecule has 4 heterocycles. The van der Waals surface area contributed by atoms with Crippen molar-refractivity contribution in [2.24, 2.45) is 12.2 Å². The summed E-state index contributed by atoms with van der Waals surface area (Å²) in [5.74, 6) is -4.63. The average Bonchev–Trinajstić information content (AvgIpc) is 3.73. The summed E-state index contributed by atoms with van der Waals surface area (Å²) in [6, 6.07) is 1.63. The van der Waals surface area contributed by atoms with Gasteiger partial charge in [0.25, 0.3) is 17.8 Å². The molecule has 0 aliphatic carbocycles. The number of hydrogen-bond donors (Lipinski definition) is 3. The van der Waals surface area contributed by atoms with Crippen LogP contribution in [0.3, 0.4) is 0 Å². The monoisotopic (exact) mass is 761 g/mol. The molecule has 1 fully saturated rings. The summed E-state index contributed by atoms with van der Waals surface area (Å²) >= 11 is 2.40. The predicted molar refractivity (Wildman–Crippen MR) is 174 cm³/mol. The van der Waals surface area contributed by atoms with E-state index in [1.807, 2.05) is 0 Å². The molecule has 0 radical (unpaired) electrons. The van der Waals surface area contributed by atoms with Gasteiger partial charge in [0.05, 0.1) is 18.8 Å². The summed E-state index contributed by atoms with van der Waals surface area (Å²) in [4.78, 5) is 85.8. The van der Waals surface area contributed by atoms with Crippen molar-refractivity contribution in [1.29, 1.82) is 0 Å². The number of aliphatic carboxylic acids is 1. The number of rotatable bonds is 13. The number of benzene rings is 1. The molecule has 0 spiro atoms. The first-order valence-electron chi connectivity index (χ1n) is 14.8. The molecule has 2 atom stereocenters. The van der Waals surface area contributed by atoms with Gasteiger partial charge in [-0.3, -0.25) is 14.5 Å². The molecule has 2 aromatic heterocycles. The van der Waals surface area contributed by atoms with E-state index in [0.717, 1.165) is 29.4 Å². The van der Waals surface area contributed by atoms with Crippen LogP contribution in [0.1, 0.15) is 29.9 Å². The SMILES string of the molecule is CCOC(=O)Oc1ccc(C(=O)ON=C(C(=O)NC2C(=O)N3C(C(=O)O)=C(CSc4nnnn4C)CS[C@@H]23)c2coc(N)n2)cc1OC(=O)OCC. The molecule has 5 rings (SSSR count). The van der Waals surface area contributed by atoms with E-state index in [1.54, 1.807) is 7.05 Å². The number of nitrogens with two attached hydrogens (primary N) is 1. The molecule has 1 saturated heterocycles. The molecule has 4 N–H and O–H groups in total. The lowest BCUT2D eigenvalue weighted by Crippen LogP contribution is -2.71. The first kappa shape index (κ1) is 37.1. The smallest absolute Gasteiger partial charge is 0.477 e. The number of carbonyl (C=O) groups is 6. The summed E-state index contributed by atoms with van der Waals surface area (Å²) in [6.07, 6.45) is -1.35. The minimum Gasteiger partial charge on any atom is -0.477 e. The minimum atomic E-state index is -1.33. The van der Waals surface area contributed by atoms with Gasteiger partial charge in [-0.1, -0.05) is 16.9 Å². The first-order chi connectivity index (χ1) is 24.9. The van der Waals surface area contributed by atoms with Crippen LogP contribution >= 0.6 is 23.5 Å². The normalized spacial score (nSPS) is 16.7. The highest BCUT2D eigenvalue weighted by molar-refractivity contribution is 8.01. The van der Waals surface area contributed by atoms with Gasteiger partial charge in [-0.05, 0) is 48.0 Å². The molecule has 0 saturated carbocycles. The second kappa shape index (κ2) is 16.2. The van der Waals surface area contributed by atoms with E-state index in [4.69, 9.17) is 33.9 Å². The van der Waals surface area contributed by atoms with Crippen molar-refractivity contribution in [3.8, 4) is 11.5 Å². The number of hydrogen-bond acceptors (Lipinski definition) is 20. The van der Waals surface area contributed by atoms with Crippen LogP contribution in [0.15, 0.2) is 50.5 Å². The number of nitrogen functional groups attached to an aromatic ring is 1. The van der Waals surface area contributed by atoms with E-state index in [2.05, 4.69) is 31.0 Å². The molecule has 274 valence electrons. The van der Waals surface area contributed by atoms with Crippen molar-refractivity contribution in [1.82, 2.24) is 35.4 Å². The number of aromatic nitrogens is 5. The summed E-state index contributed by atoms with van der Waals surface area (Å²) < 4.78 is 25.9. The van der Waals surface area contributed by atoms with E-state index < -0.39 is 58.9 Å². The average molecular weight is 762 g/mol. The van der Waals surface area contributed by atoms with Crippen LogP contribution in [-0.4, -0.2) is 113 Å². The molecular formula is C28H27N9O13S2. The number of tetrazole rings is 1. The highest BCUT2D eigenvalue weighted by atomic mass is 32.2. The first-order valence-corrected chi connectivity index (χ1v) is 16.8. The van der Waals surface area contributed by atoms with Crippen LogP contribution in [0.2, 0.25) is 0 Å². The van der Waals surface area contributed by atoms with E-state index in [-0.39, 0.29) is 53.4 Å². The number of thioether (sulfide) groups is 2. The van der Waals surface area contributed by atoms with Gasteiger partial charge in [0, 0.05) is 18.6 Å². The Hall–Kier alpha value is -6.17. The van der Waals surface area contributed by atoms with Crippen LogP contribution in [0.25, 0.3) is 0 Å². The Kier molecular flexibility index (Phi) is 11.6. The molecular weight excluding hydrogens is 734 g/mol. The predicted octanol–water partition coefficient (Wildman–Crippen LogP) is 0.943. The Labute approximate surface area is 299 Å². The highest BCUT2D eigenvalue weighted by Gasteiger charge is 2.54. The molecule has 0 bridgehead atoms. The third-order valence-corrected chi connectivity index (χ3v) is 9.22. The summed E-state index contributed by atoms with van der Waals surface area (Å²) in [7, 11) is 1.63. The fourth-order valence-electron chi connectivity index (χ4n) is 4.51. The number of anilines is 1. The van der Waals surface area contributed by atoms with E-state index in [0.29, 0.717) is 10.7 Å². The van der Waals surface area contributed by atoms with Crippen molar-refractivity contribution in [2.45, 2.75) is 30.4 Å². The topological polar surface area (TPSA) is 292 Å². The number of amides is 2.